The Kier molecular flexibility index (Phi) is 3.76. The maximum atomic E-state index is 5.91. The zero-order valence-corrected chi connectivity index (χ0v) is 10.8. The first kappa shape index (κ1) is 11.0. The minimum Gasteiger partial charge on any atom is -0.398 e. The second-order valence-electron chi connectivity index (χ2n) is 3.20. The topological polar surface area (TPSA) is 29.3 Å². The van der Waals surface area contributed by atoms with E-state index in [9.17, 15) is 0 Å². The van der Waals surface area contributed by atoms with Crippen LogP contribution in [0.25, 0.3) is 0 Å². The average Bonchev–Trinajstić information content (AvgIpc) is 1.98. The van der Waals surface area contributed by atoms with Crippen LogP contribution in [0.3, 0.4) is 0 Å². The summed E-state index contributed by atoms with van der Waals surface area (Å²) in [7, 11) is 4.04. The number of halogens is 2. The van der Waals surface area contributed by atoms with E-state index in [1.54, 1.807) is 0 Å². The Morgan fingerprint density at radius 3 is 2.46 bits per heavy atom. The van der Waals surface area contributed by atoms with E-state index < -0.39 is 0 Å². The molecule has 0 heterocycles. The summed E-state index contributed by atoms with van der Waals surface area (Å²) in [5.41, 5.74) is 7.85. The Hall–Kier alpha value is -0.0600. The molecule has 0 aromatic heterocycles. The molecule has 0 amide bonds. The molecule has 0 spiro atoms. The summed E-state index contributed by atoms with van der Waals surface area (Å²) in [6.07, 6.45) is 0. The third-order valence-corrected chi connectivity index (χ3v) is 2.78. The summed E-state index contributed by atoms with van der Waals surface area (Å²) >= 11 is 6.85. The van der Waals surface area contributed by atoms with Crippen molar-refractivity contribution in [1.29, 1.82) is 0 Å². The molecule has 72 valence electrons. The molecule has 2 N–H and O–H groups in total. The van der Waals surface area contributed by atoms with Crippen molar-refractivity contribution >= 4 is 37.5 Å². The van der Waals surface area contributed by atoms with Crippen LogP contribution in [0, 0.1) is 0 Å². The van der Waals surface area contributed by atoms with Crippen molar-refractivity contribution in [1.82, 2.24) is 4.90 Å². The molecule has 0 bridgehead atoms. The van der Waals surface area contributed by atoms with Gasteiger partial charge in [-0.2, -0.15) is 0 Å². The van der Waals surface area contributed by atoms with Gasteiger partial charge in [0.2, 0.25) is 0 Å². The Bertz CT molecular complexity index is 311. The van der Waals surface area contributed by atoms with Gasteiger partial charge >= 0.3 is 0 Å². The Balaban J connectivity index is 3.05. The first-order valence-electron chi connectivity index (χ1n) is 3.89. The summed E-state index contributed by atoms with van der Waals surface area (Å²) in [6, 6.07) is 3.99. The van der Waals surface area contributed by atoms with E-state index in [1.807, 2.05) is 26.2 Å². The minimum atomic E-state index is 0.817. The van der Waals surface area contributed by atoms with Crippen LogP contribution in [0.1, 0.15) is 5.56 Å². The quantitative estimate of drug-likeness (QED) is 0.851. The third-order valence-electron chi connectivity index (χ3n) is 1.67. The predicted molar refractivity (Wildman–Crippen MR) is 63.6 cm³/mol. The van der Waals surface area contributed by atoms with Gasteiger partial charge in [0, 0.05) is 15.5 Å². The molecule has 4 heteroatoms. The maximum Gasteiger partial charge on any atom is 0.0504 e. The lowest BCUT2D eigenvalue weighted by Gasteiger charge is -2.13. The van der Waals surface area contributed by atoms with Gasteiger partial charge < -0.3 is 10.6 Å². The fraction of sp³-hybridized carbons (Fsp3) is 0.333. The zero-order chi connectivity index (χ0) is 10.0. The lowest BCUT2D eigenvalue weighted by atomic mass is 10.2. The van der Waals surface area contributed by atoms with Crippen molar-refractivity contribution in [2.75, 3.05) is 19.8 Å². The van der Waals surface area contributed by atoms with E-state index >= 15 is 0 Å². The molecule has 0 saturated carbocycles. The fourth-order valence-electron chi connectivity index (χ4n) is 1.11. The van der Waals surface area contributed by atoms with Gasteiger partial charge in [-0.1, -0.05) is 15.9 Å². The first-order chi connectivity index (χ1) is 6.00. The zero-order valence-electron chi connectivity index (χ0n) is 7.64. The largest absolute Gasteiger partial charge is 0.398 e. The van der Waals surface area contributed by atoms with Gasteiger partial charge in [-0.05, 0) is 47.7 Å². The second kappa shape index (κ2) is 4.44. The van der Waals surface area contributed by atoms with E-state index in [1.165, 1.54) is 0 Å². The lowest BCUT2D eigenvalue weighted by molar-refractivity contribution is 0.403. The highest BCUT2D eigenvalue weighted by atomic mass is 79.9. The smallest absolute Gasteiger partial charge is 0.0504 e. The van der Waals surface area contributed by atoms with Gasteiger partial charge in [0.15, 0.2) is 0 Å². The second-order valence-corrected chi connectivity index (χ2v) is 4.97. The average molecular weight is 308 g/mol. The number of nitrogens with zero attached hydrogens (tertiary/aromatic N) is 1. The van der Waals surface area contributed by atoms with E-state index in [-0.39, 0.29) is 0 Å². The Morgan fingerprint density at radius 2 is 1.92 bits per heavy atom. The molecule has 0 radical (unpaired) electrons. The van der Waals surface area contributed by atoms with Crippen LogP contribution in [-0.2, 0) is 6.54 Å². The Morgan fingerprint density at radius 1 is 1.31 bits per heavy atom. The Labute approximate surface area is 95.4 Å². The number of rotatable bonds is 2. The predicted octanol–water partition coefficient (Wildman–Crippen LogP) is 2.86. The molecule has 0 saturated heterocycles. The SMILES string of the molecule is CN(C)Cc1cc(Br)cc(Br)c1N. The molecular weight excluding hydrogens is 296 g/mol. The number of hydrogen-bond acceptors (Lipinski definition) is 2. The van der Waals surface area contributed by atoms with Crippen molar-refractivity contribution in [3.8, 4) is 0 Å². The molecule has 2 nitrogen and oxygen atoms in total. The molecule has 0 atom stereocenters. The third kappa shape index (κ3) is 2.97. The van der Waals surface area contributed by atoms with Crippen LogP contribution >= 0.6 is 31.9 Å². The number of nitrogens with two attached hydrogens (primary N) is 1. The van der Waals surface area contributed by atoms with Crippen LogP contribution < -0.4 is 5.73 Å². The maximum absolute atomic E-state index is 5.91. The van der Waals surface area contributed by atoms with E-state index in [4.69, 9.17) is 5.73 Å². The number of anilines is 1. The van der Waals surface area contributed by atoms with Gasteiger partial charge in [0.25, 0.3) is 0 Å². The molecule has 0 aliphatic rings. The summed E-state index contributed by atoms with van der Waals surface area (Å²) in [6.45, 7) is 0.851. The minimum absolute atomic E-state index is 0.817. The highest BCUT2D eigenvalue weighted by molar-refractivity contribution is 9.11. The van der Waals surface area contributed by atoms with Crippen LogP contribution in [0.15, 0.2) is 21.1 Å². The lowest BCUT2D eigenvalue weighted by Crippen LogP contribution is -2.12. The van der Waals surface area contributed by atoms with E-state index in [0.29, 0.717) is 0 Å². The van der Waals surface area contributed by atoms with Gasteiger partial charge in [0.05, 0.1) is 5.69 Å². The normalized spacial score (nSPS) is 10.8. The summed E-state index contributed by atoms with van der Waals surface area (Å²) in [5.74, 6) is 0. The van der Waals surface area contributed by atoms with E-state index in [2.05, 4.69) is 36.8 Å². The van der Waals surface area contributed by atoms with Crippen molar-refractivity contribution in [2.24, 2.45) is 0 Å². The number of benzene rings is 1. The van der Waals surface area contributed by atoms with Crippen LogP contribution in [0.4, 0.5) is 5.69 Å². The molecule has 13 heavy (non-hydrogen) atoms. The standard InChI is InChI=1S/C9H12Br2N2/c1-13(2)5-6-3-7(10)4-8(11)9(6)12/h3-4H,5,12H2,1-2H3. The van der Waals surface area contributed by atoms with Crippen LogP contribution in [0.5, 0.6) is 0 Å². The summed E-state index contributed by atoms with van der Waals surface area (Å²) in [5, 5.41) is 0. The fourth-order valence-corrected chi connectivity index (χ4v) is 2.42. The summed E-state index contributed by atoms with van der Waals surface area (Å²) < 4.78 is 1.99. The van der Waals surface area contributed by atoms with Gasteiger partial charge in [-0.15, -0.1) is 0 Å². The van der Waals surface area contributed by atoms with Crippen molar-refractivity contribution in [3.63, 3.8) is 0 Å². The molecule has 0 unspecified atom stereocenters. The van der Waals surface area contributed by atoms with Crippen molar-refractivity contribution in [2.45, 2.75) is 6.54 Å². The van der Waals surface area contributed by atoms with Gasteiger partial charge in [0.1, 0.15) is 0 Å². The van der Waals surface area contributed by atoms with Gasteiger partial charge in [-0.25, -0.2) is 0 Å². The molecule has 0 aliphatic carbocycles. The molecule has 1 aromatic rings. The highest BCUT2D eigenvalue weighted by Gasteiger charge is 2.05. The highest BCUT2D eigenvalue weighted by Crippen LogP contribution is 2.28. The van der Waals surface area contributed by atoms with Gasteiger partial charge in [-0.3, -0.25) is 0 Å². The monoisotopic (exact) mass is 306 g/mol. The molecule has 0 fully saturated rings. The van der Waals surface area contributed by atoms with Crippen molar-refractivity contribution in [3.05, 3.63) is 26.6 Å². The molecule has 1 aromatic carbocycles. The number of nitrogen functional groups attached to an aromatic ring is 1. The van der Waals surface area contributed by atoms with Crippen LogP contribution in [-0.4, -0.2) is 19.0 Å². The van der Waals surface area contributed by atoms with Crippen molar-refractivity contribution < 1.29 is 0 Å². The molecule has 0 aliphatic heterocycles. The molecule has 1 rings (SSSR count). The van der Waals surface area contributed by atoms with E-state index in [0.717, 1.165) is 26.7 Å². The molecular formula is C9H12Br2N2. The van der Waals surface area contributed by atoms with Crippen LogP contribution in [0.2, 0.25) is 0 Å². The first-order valence-corrected chi connectivity index (χ1v) is 5.47. The number of hydrogen-bond donors (Lipinski definition) is 1. The summed E-state index contributed by atoms with van der Waals surface area (Å²) in [4.78, 5) is 2.09.